The first-order valence-corrected chi connectivity index (χ1v) is 15.3. The van der Waals surface area contributed by atoms with E-state index in [4.69, 9.17) is 24.1 Å². The third kappa shape index (κ3) is 8.70. The van der Waals surface area contributed by atoms with Gasteiger partial charge in [-0.2, -0.15) is 0 Å². The van der Waals surface area contributed by atoms with Gasteiger partial charge in [-0.25, -0.2) is 18.4 Å². The first-order chi connectivity index (χ1) is 19.1. The molecular weight excluding hydrogens is 532 g/mol. The van der Waals surface area contributed by atoms with E-state index in [0.717, 1.165) is 49.0 Å². The fourth-order valence-corrected chi connectivity index (χ4v) is 5.12. The topological polar surface area (TPSA) is 117 Å². The molecule has 1 atom stereocenters. The summed E-state index contributed by atoms with van der Waals surface area (Å²) in [4.78, 5) is 14.2. The lowest BCUT2D eigenvalue weighted by atomic mass is 10.0. The Morgan fingerprint density at radius 1 is 1.07 bits per heavy atom. The molecule has 0 radical (unpaired) electrons. The molecule has 0 aliphatic carbocycles. The number of unbranched alkanes of at least 4 members (excludes halogenated alkanes) is 4. The van der Waals surface area contributed by atoms with Gasteiger partial charge in [0.05, 0.1) is 18.0 Å². The van der Waals surface area contributed by atoms with Gasteiger partial charge in [0, 0.05) is 51.2 Å². The predicted molar refractivity (Wildman–Crippen MR) is 150 cm³/mol. The molecule has 2 aromatic carbocycles. The summed E-state index contributed by atoms with van der Waals surface area (Å²) in [6.45, 7) is 6.80. The average molecular weight is 571 g/mol. The zero-order chi connectivity index (χ0) is 28.6. The summed E-state index contributed by atoms with van der Waals surface area (Å²) >= 11 is 0. The number of cyclic esters (lactones) is 1. The Kier molecular flexibility index (Phi) is 10.1. The molecule has 216 valence electrons. The van der Waals surface area contributed by atoms with Gasteiger partial charge in [0.25, 0.3) is 0 Å². The van der Waals surface area contributed by atoms with E-state index in [-0.39, 0.29) is 17.1 Å². The van der Waals surface area contributed by atoms with E-state index >= 15 is 0 Å². The first kappa shape index (κ1) is 29.9. The van der Waals surface area contributed by atoms with Crippen molar-refractivity contribution in [2.75, 3.05) is 26.3 Å². The summed E-state index contributed by atoms with van der Waals surface area (Å²) in [6.07, 6.45) is 4.87. The minimum absolute atomic E-state index is 0.0634. The van der Waals surface area contributed by atoms with Crippen LogP contribution in [0.2, 0.25) is 0 Å². The van der Waals surface area contributed by atoms with Crippen molar-refractivity contribution in [1.82, 2.24) is 4.90 Å². The minimum Gasteiger partial charge on any atom is -0.463 e. The van der Waals surface area contributed by atoms with Crippen molar-refractivity contribution in [1.29, 1.82) is 0 Å². The highest BCUT2D eigenvalue weighted by Gasteiger charge is 2.33. The number of fused-ring (bicyclic) bond motifs is 1. The van der Waals surface area contributed by atoms with Crippen LogP contribution in [0, 0.1) is 11.8 Å². The molecule has 1 unspecified atom stereocenters. The number of carbonyl (C=O) groups is 1. The fraction of sp³-hybridized carbons (Fsp3) is 0.500. The zero-order valence-corrected chi connectivity index (χ0v) is 24.0. The maximum Gasteiger partial charge on any atom is 0.410 e. The van der Waals surface area contributed by atoms with Gasteiger partial charge in [0.15, 0.2) is 0 Å². The van der Waals surface area contributed by atoms with Crippen LogP contribution in [0.15, 0.2) is 47.4 Å². The van der Waals surface area contributed by atoms with Gasteiger partial charge in [0.1, 0.15) is 11.9 Å². The van der Waals surface area contributed by atoms with Crippen molar-refractivity contribution < 1.29 is 32.2 Å². The Labute approximate surface area is 237 Å². The molecule has 2 heterocycles. The molecular formula is C30H38N2O7S. The molecule has 1 saturated heterocycles. The highest BCUT2D eigenvalue weighted by atomic mass is 32.2. The second-order valence-corrected chi connectivity index (χ2v) is 12.0. The van der Waals surface area contributed by atoms with Crippen LogP contribution in [0.1, 0.15) is 75.2 Å². The molecule has 1 fully saturated rings. The number of hydrogen-bond donors (Lipinski definition) is 1. The van der Waals surface area contributed by atoms with E-state index in [1.165, 1.54) is 12.1 Å². The Morgan fingerprint density at radius 3 is 2.70 bits per heavy atom. The van der Waals surface area contributed by atoms with Gasteiger partial charge in [0.2, 0.25) is 15.8 Å². The van der Waals surface area contributed by atoms with Crippen molar-refractivity contribution in [2.45, 2.75) is 75.8 Å². The third-order valence-corrected chi connectivity index (χ3v) is 7.64. The van der Waals surface area contributed by atoms with E-state index in [1.54, 1.807) is 17.0 Å². The van der Waals surface area contributed by atoms with Crippen molar-refractivity contribution in [3.8, 4) is 17.6 Å². The Hall–Kier alpha value is -3.10. The van der Waals surface area contributed by atoms with E-state index in [2.05, 4.69) is 11.8 Å². The van der Waals surface area contributed by atoms with E-state index < -0.39 is 15.8 Å². The minimum atomic E-state index is -3.72. The van der Waals surface area contributed by atoms with Crippen molar-refractivity contribution in [3.05, 3.63) is 59.2 Å². The van der Waals surface area contributed by atoms with Crippen LogP contribution in [0.25, 0.3) is 0 Å². The quantitative estimate of drug-likeness (QED) is 0.285. The lowest BCUT2D eigenvalue weighted by Crippen LogP contribution is -2.35. The number of hydrogen-bond acceptors (Lipinski definition) is 7. The first-order valence-electron chi connectivity index (χ1n) is 13.7. The smallest absolute Gasteiger partial charge is 0.410 e. The Balaban J connectivity index is 1.05. The van der Waals surface area contributed by atoms with Crippen LogP contribution in [0.3, 0.4) is 0 Å². The number of rotatable bonds is 12. The number of nitrogens with zero attached hydrogens (tertiary/aromatic N) is 1. The highest BCUT2D eigenvalue weighted by Crippen LogP contribution is 2.35. The second kappa shape index (κ2) is 13.5. The van der Waals surface area contributed by atoms with E-state index in [1.807, 2.05) is 32.0 Å². The highest BCUT2D eigenvalue weighted by molar-refractivity contribution is 7.89. The molecule has 4 rings (SSSR count). The normalized spacial score (nSPS) is 17.9. The number of primary sulfonamides is 1. The number of nitrogens with two attached hydrogens (primary N) is 1. The maximum absolute atomic E-state index is 12.4. The number of ether oxygens (including phenoxy) is 4. The molecule has 0 spiro atoms. The average Bonchev–Trinajstić information content (AvgIpc) is 3.28. The molecule has 1 amide bonds. The fourth-order valence-electron chi connectivity index (χ4n) is 4.56. The summed E-state index contributed by atoms with van der Waals surface area (Å²) in [7, 11) is -3.72. The number of amides is 1. The van der Waals surface area contributed by atoms with Crippen molar-refractivity contribution >= 4 is 16.1 Å². The second-order valence-electron chi connectivity index (χ2n) is 10.5. The Bertz CT molecular complexity index is 1350. The lowest BCUT2D eigenvalue weighted by Gasteiger charge is -2.32. The van der Waals surface area contributed by atoms with E-state index in [0.29, 0.717) is 44.9 Å². The molecule has 0 aromatic heterocycles. The number of carbonyl (C=O) groups excluding carboxylic acids is 1. The molecule has 2 N–H and O–H groups in total. The van der Waals surface area contributed by atoms with Gasteiger partial charge >= 0.3 is 6.09 Å². The monoisotopic (exact) mass is 570 g/mol. The predicted octanol–water partition coefficient (Wildman–Crippen LogP) is 4.88. The summed E-state index contributed by atoms with van der Waals surface area (Å²) in [6, 6.07) is 12.2. The van der Waals surface area contributed by atoms with Gasteiger partial charge in [-0.15, -0.1) is 0 Å². The molecule has 9 nitrogen and oxygen atoms in total. The zero-order valence-electron chi connectivity index (χ0n) is 23.2. The summed E-state index contributed by atoms with van der Waals surface area (Å²) in [5, 5.41) is 5.15. The van der Waals surface area contributed by atoms with Crippen LogP contribution >= 0.6 is 0 Å². The van der Waals surface area contributed by atoms with Crippen LogP contribution in [-0.2, 0) is 30.8 Å². The van der Waals surface area contributed by atoms with Gasteiger partial charge in [-0.1, -0.05) is 36.8 Å². The standard InChI is InChI=1S/C30H38N2O7S/c1-30(2)37-22-25-20-24(14-15-27(25)39-30)28-21-32(29(33)38-28)16-7-3-4-8-17-36-18-9-5-6-11-23-12-10-13-26(19-23)40(31,34)35/h10,12-15,19-20,28H,3-5,7-9,16-18,21-22H2,1-2H3,(H2,31,34,35). The SMILES string of the molecule is CC1(C)OCc2cc(C3CN(CCCCCCOCCCC#Cc4cccc(S(N)(=O)=O)c4)C(=O)O3)ccc2O1. The molecule has 2 aliphatic rings. The van der Waals surface area contributed by atoms with Gasteiger partial charge in [-0.05, 0) is 55.2 Å². The van der Waals surface area contributed by atoms with E-state index in [9.17, 15) is 13.2 Å². The molecule has 0 saturated carbocycles. The summed E-state index contributed by atoms with van der Waals surface area (Å²) in [5.41, 5.74) is 2.55. The summed E-state index contributed by atoms with van der Waals surface area (Å²) in [5.74, 6) is 6.18. The molecule has 10 heteroatoms. The van der Waals surface area contributed by atoms with Crippen LogP contribution in [-0.4, -0.2) is 51.5 Å². The third-order valence-electron chi connectivity index (χ3n) is 6.73. The number of benzene rings is 2. The van der Waals surface area contributed by atoms with Gasteiger partial charge < -0.3 is 23.8 Å². The number of sulfonamides is 1. The molecule has 0 bridgehead atoms. The van der Waals surface area contributed by atoms with Crippen LogP contribution < -0.4 is 9.88 Å². The van der Waals surface area contributed by atoms with Gasteiger partial charge in [-0.3, -0.25) is 0 Å². The Morgan fingerprint density at radius 2 is 1.88 bits per heavy atom. The maximum atomic E-state index is 12.4. The van der Waals surface area contributed by atoms with Crippen molar-refractivity contribution in [2.24, 2.45) is 5.14 Å². The summed E-state index contributed by atoms with van der Waals surface area (Å²) < 4.78 is 45.7. The lowest BCUT2D eigenvalue weighted by molar-refractivity contribution is -0.180. The molecule has 40 heavy (non-hydrogen) atoms. The van der Waals surface area contributed by atoms with Crippen molar-refractivity contribution in [3.63, 3.8) is 0 Å². The largest absolute Gasteiger partial charge is 0.463 e. The molecule has 2 aliphatic heterocycles. The van der Waals surface area contributed by atoms with Crippen LogP contribution in [0.5, 0.6) is 5.75 Å². The van der Waals surface area contributed by atoms with Crippen LogP contribution in [0.4, 0.5) is 4.79 Å². The molecule has 2 aromatic rings.